The molecule has 2 aromatic rings. The zero-order valence-electron chi connectivity index (χ0n) is 10.8. The molecule has 100 valence electrons. The van der Waals surface area contributed by atoms with Crippen molar-refractivity contribution in [2.75, 3.05) is 17.3 Å². The van der Waals surface area contributed by atoms with Gasteiger partial charge >= 0.3 is 0 Å². The van der Waals surface area contributed by atoms with Gasteiger partial charge in [-0.05, 0) is 35.9 Å². The summed E-state index contributed by atoms with van der Waals surface area (Å²) in [6.07, 6.45) is 6.16. The average molecular weight is 275 g/mol. The molecule has 0 aliphatic rings. The molecule has 0 radical (unpaired) electrons. The normalized spacial score (nSPS) is 12.3. The number of carbonyl (C=O) groups is 1. The summed E-state index contributed by atoms with van der Waals surface area (Å²) in [5.74, 6) is 0.733. The fraction of sp³-hybridized carbons (Fsp3) is 0.286. The fourth-order valence-corrected chi connectivity index (χ4v) is 2.31. The Morgan fingerprint density at radius 2 is 2.32 bits per heavy atom. The largest absolute Gasteiger partial charge is 0.324 e. The summed E-state index contributed by atoms with van der Waals surface area (Å²) in [6.45, 7) is 0. The van der Waals surface area contributed by atoms with E-state index in [-0.39, 0.29) is 5.91 Å². The van der Waals surface area contributed by atoms with Crippen LogP contribution in [-0.4, -0.2) is 28.9 Å². The molecule has 1 aromatic carbocycles. The number of amides is 1. The van der Waals surface area contributed by atoms with Crippen LogP contribution < -0.4 is 11.1 Å². The van der Waals surface area contributed by atoms with E-state index in [1.165, 1.54) is 0 Å². The minimum Gasteiger partial charge on any atom is -0.324 e. The summed E-state index contributed by atoms with van der Waals surface area (Å²) in [7, 11) is 0. The van der Waals surface area contributed by atoms with E-state index in [0.29, 0.717) is 6.42 Å². The molecule has 1 amide bonds. The lowest BCUT2D eigenvalue weighted by Crippen LogP contribution is -2.36. The molecule has 1 heterocycles. The van der Waals surface area contributed by atoms with Crippen molar-refractivity contribution in [2.45, 2.75) is 12.5 Å². The molecule has 3 N–H and O–H groups in total. The number of pyridine rings is 1. The Balaban J connectivity index is 2.15. The van der Waals surface area contributed by atoms with E-state index < -0.39 is 6.04 Å². The van der Waals surface area contributed by atoms with Crippen LogP contribution in [0.15, 0.2) is 36.7 Å². The van der Waals surface area contributed by atoms with E-state index in [9.17, 15) is 4.79 Å². The van der Waals surface area contributed by atoms with Crippen molar-refractivity contribution in [3.8, 4) is 0 Å². The van der Waals surface area contributed by atoms with Crippen molar-refractivity contribution in [2.24, 2.45) is 5.73 Å². The Bertz CT molecular complexity index is 568. The van der Waals surface area contributed by atoms with Crippen molar-refractivity contribution in [1.29, 1.82) is 0 Å². The number of nitrogens with zero attached hydrogens (tertiary/aromatic N) is 1. The van der Waals surface area contributed by atoms with Crippen LogP contribution in [0.25, 0.3) is 10.8 Å². The number of thioether (sulfide) groups is 1. The van der Waals surface area contributed by atoms with Gasteiger partial charge < -0.3 is 11.1 Å². The summed E-state index contributed by atoms with van der Waals surface area (Å²) >= 11 is 1.69. The van der Waals surface area contributed by atoms with E-state index in [1.807, 2.05) is 30.5 Å². The first-order chi connectivity index (χ1) is 9.22. The minimum atomic E-state index is -0.473. The fourth-order valence-electron chi connectivity index (χ4n) is 1.82. The molecule has 0 unspecified atom stereocenters. The minimum absolute atomic E-state index is 0.148. The smallest absolute Gasteiger partial charge is 0.241 e. The second-order valence-corrected chi connectivity index (χ2v) is 5.27. The average Bonchev–Trinajstić information content (AvgIpc) is 2.45. The van der Waals surface area contributed by atoms with Crippen LogP contribution in [0.3, 0.4) is 0 Å². The first-order valence-corrected chi connectivity index (χ1v) is 7.50. The molecule has 0 aliphatic carbocycles. The first kappa shape index (κ1) is 13.8. The summed E-state index contributed by atoms with van der Waals surface area (Å²) in [5.41, 5.74) is 6.61. The number of carbonyl (C=O) groups excluding carboxylic acids is 1. The SMILES string of the molecule is CSCC[C@H](N)C(=O)Nc1cccc2ccncc12. The van der Waals surface area contributed by atoms with Gasteiger partial charge in [-0.15, -0.1) is 0 Å². The van der Waals surface area contributed by atoms with Gasteiger partial charge in [-0.2, -0.15) is 11.8 Å². The van der Waals surface area contributed by atoms with Gasteiger partial charge in [0.25, 0.3) is 0 Å². The number of nitrogens with two attached hydrogens (primary N) is 1. The maximum atomic E-state index is 12.0. The Kier molecular flexibility index (Phi) is 4.76. The highest BCUT2D eigenvalue weighted by Crippen LogP contribution is 2.22. The van der Waals surface area contributed by atoms with E-state index in [1.54, 1.807) is 24.2 Å². The molecule has 1 atom stereocenters. The van der Waals surface area contributed by atoms with Gasteiger partial charge in [0, 0.05) is 17.8 Å². The predicted molar refractivity (Wildman–Crippen MR) is 81.3 cm³/mol. The van der Waals surface area contributed by atoms with E-state index in [0.717, 1.165) is 22.2 Å². The molecule has 2 rings (SSSR count). The molecule has 0 saturated heterocycles. The third-order valence-electron chi connectivity index (χ3n) is 2.91. The number of nitrogens with one attached hydrogen (secondary N) is 1. The van der Waals surface area contributed by atoms with Crippen LogP contribution in [0.4, 0.5) is 5.69 Å². The Labute approximate surface area is 116 Å². The van der Waals surface area contributed by atoms with Crippen molar-refractivity contribution >= 4 is 34.1 Å². The summed E-state index contributed by atoms with van der Waals surface area (Å²) < 4.78 is 0. The van der Waals surface area contributed by atoms with Gasteiger partial charge in [-0.1, -0.05) is 12.1 Å². The number of anilines is 1. The molecule has 0 fully saturated rings. The van der Waals surface area contributed by atoms with Gasteiger partial charge in [0.2, 0.25) is 5.91 Å². The van der Waals surface area contributed by atoms with Gasteiger partial charge in [-0.25, -0.2) is 0 Å². The summed E-state index contributed by atoms with van der Waals surface area (Å²) in [4.78, 5) is 16.1. The lowest BCUT2D eigenvalue weighted by atomic mass is 10.1. The van der Waals surface area contributed by atoms with Crippen LogP contribution in [0.1, 0.15) is 6.42 Å². The summed E-state index contributed by atoms with van der Waals surface area (Å²) in [5, 5.41) is 4.85. The molecule has 0 bridgehead atoms. The highest BCUT2D eigenvalue weighted by molar-refractivity contribution is 7.98. The predicted octanol–water partition coefficient (Wildman–Crippen LogP) is 2.25. The maximum absolute atomic E-state index is 12.0. The second-order valence-electron chi connectivity index (χ2n) is 4.28. The van der Waals surface area contributed by atoms with Crippen molar-refractivity contribution < 1.29 is 4.79 Å². The molecule has 19 heavy (non-hydrogen) atoms. The molecule has 4 nitrogen and oxygen atoms in total. The monoisotopic (exact) mass is 275 g/mol. The van der Waals surface area contributed by atoms with Crippen LogP contribution in [0.2, 0.25) is 0 Å². The van der Waals surface area contributed by atoms with Gasteiger partial charge in [-0.3, -0.25) is 9.78 Å². The van der Waals surface area contributed by atoms with Crippen LogP contribution in [-0.2, 0) is 4.79 Å². The number of benzene rings is 1. The van der Waals surface area contributed by atoms with Crippen LogP contribution in [0, 0.1) is 0 Å². The quantitative estimate of drug-likeness (QED) is 0.878. The lowest BCUT2D eigenvalue weighted by Gasteiger charge is -2.13. The number of aromatic nitrogens is 1. The molecule has 1 aromatic heterocycles. The first-order valence-electron chi connectivity index (χ1n) is 6.10. The standard InChI is InChI=1S/C14H17N3OS/c1-19-8-6-12(15)14(18)17-13-4-2-3-10-5-7-16-9-11(10)13/h2-5,7,9,12H,6,8,15H2,1H3,(H,17,18)/t12-/m0/s1. The number of rotatable bonds is 5. The zero-order valence-corrected chi connectivity index (χ0v) is 11.6. The number of hydrogen-bond donors (Lipinski definition) is 2. The maximum Gasteiger partial charge on any atom is 0.241 e. The van der Waals surface area contributed by atoms with Crippen LogP contribution in [0.5, 0.6) is 0 Å². The molecule has 0 spiro atoms. The van der Waals surface area contributed by atoms with Gasteiger partial charge in [0.15, 0.2) is 0 Å². The molecule has 5 heteroatoms. The highest BCUT2D eigenvalue weighted by atomic mass is 32.2. The van der Waals surface area contributed by atoms with E-state index in [2.05, 4.69) is 10.3 Å². The molecule has 0 saturated carbocycles. The van der Waals surface area contributed by atoms with Crippen LogP contribution >= 0.6 is 11.8 Å². The Morgan fingerprint density at radius 1 is 1.47 bits per heavy atom. The van der Waals surface area contributed by atoms with Crippen molar-refractivity contribution in [1.82, 2.24) is 4.98 Å². The topological polar surface area (TPSA) is 68.0 Å². The second kappa shape index (κ2) is 6.54. The molecular formula is C14H17N3OS. The Hall–Kier alpha value is -1.59. The highest BCUT2D eigenvalue weighted by Gasteiger charge is 2.14. The van der Waals surface area contributed by atoms with Crippen molar-refractivity contribution in [3.63, 3.8) is 0 Å². The van der Waals surface area contributed by atoms with Crippen molar-refractivity contribution in [3.05, 3.63) is 36.7 Å². The lowest BCUT2D eigenvalue weighted by molar-refractivity contribution is -0.117. The van der Waals surface area contributed by atoms with E-state index in [4.69, 9.17) is 5.73 Å². The van der Waals surface area contributed by atoms with Gasteiger partial charge in [0.05, 0.1) is 11.7 Å². The summed E-state index contributed by atoms with van der Waals surface area (Å²) in [6, 6.07) is 7.20. The van der Waals surface area contributed by atoms with E-state index >= 15 is 0 Å². The third-order valence-corrected chi connectivity index (χ3v) is 3.56. The third kappa shape index (κ3) is 3.45. The number of hydrogen-bond acceptors (Lipinski definition) is 4. The molecule has 0 aliphatic heterocycles. The van der Waals surface area contributed by atoms with Gasteiger partial charge in [0.1, 0.15) is 0 Å². The molecular weight excluding hydrogens is 258 g/mol. The zero-order chi connectivity index (χ0) is 13.7. The Morgan fingerprint density at radius 3 is 3.11 bits per heavy atom. The number of fused-ring (bicyclic) bond motifs is 1.